The summed E-state index contributed by atoms with van der Waals surface area (Å²) in [5.41, 5.74) is 1.83. The quantitative estimate of drug-likeness (QED) is 0.732. The monoisotopic (exact) mass is 225 g/mol. The first-order valence-electron chi connectivity index (χ1n) is 5.18. The number of ketones is 1. The molecule has 1 aromatic carbocycles. The maximum Gasteiger partial charge on any atom is 0.212 e. The summed E-state index contributed by atoms with van der Waals surface area (Å²) in [7, 11) is 1.67. The average molecular weight is 225 g/mol. The summed E-state index contributed by atoms with van der Waals surface area (Å²) >= 11 is 0. The second-order valence-corrected chi connectivity index (χ2v) is 3.74. The molecule has 0 amide bonds. The van der Waals surface area contributed by atoms with Gasteiger partial charge in [-0.25, -0.2) is 0 Å². The van der Waals surface area contributed by atoms with Crippen LogP contribution in [0.15, 0.2) is 30.3 Å². The van der Waals surface area contributed by atoms with Crippen molar-refractivity contribution in [3.8, 4) is 6.07 Å². The lowest BCUT2D eigenvalue weighted by atomic mass is 10.0. The SMILES string of the molecule is Cc1nn(C)c(C(=O)c2ccccc2)c1C#N. The smallest absolute Gasteiger partial charge is 0.212 e. The van der Waals surface area contributed by atoms with Gasteiger partial charge in [0.2, 0.25) is 5.78 Å². The Morgan fingerprint density at radius 3 is 2.59 bits per heavy atom. The molecular weight excluding hydrogens is 214 g/mol. The van der Waals surface area contributed by atoms with Crippen LogP contribution in [-0.2, 0) is 7.05 Å². The largest absolute Gasteiger partial charge is 0.287 e. The van der Waals surface area contributed by atoms with E-state index in [0.717, 1.165) is 0 Å². The van der Waals surface area contributed by atoms with E-state index in [0.29, 0.717) is 22.5 Å². The van der Waals surface area contributed by atoms with E-state index in [4.69, 9.17) is 5.26 Å². The van der Waals surface area contributed by atoms with E-state index in [2.05, 4.69) is 5.10 Å². The fraction of sp³-hybridized carbons (Fsp3) is 0.154. The van der Waals surface area contributed by atoms with Gasteiger partial charge < -0.3 is 0 Å². The number of hydrogen-bond acceptors (Lipinski definition) is 3. The number of rotatable bonds is 2. The topological polar surface area (TPSA) is 58.7 Å². The van der Waals surface area contributed by atoms with Gasteiger partial charge in [0.25, 0.3) is 0 Å². The normalized spacial score (nSPS) is 9.94. The van der Waals surface area contributed by atoms with Gasteiger partial charge in [-0.3, -0.25) is 9.48 Å². The van der Waals surface area contributed by atoms with Gasteiger partial charge in [-0.05, 0) is 6.92 Å². The molecule has 0 saturated carbocycles. The Labute approximate surface area is 99.1 Å². The molecule has 0 atom stereocenters. The lowest BCUT2D eigenvalue weighted by Gasteiger charge is -2.01. The summed E-state index contributed by atoms with van der Waals surface area (Å²) in [6.45, 7) is 1.72. The van der Waals surface area contributed by atoms with E-state index in [1.807, 2.05) is 12.1 Å². The van der Waals surface area contributed by atoms with E-state index in [9.17, 15) is 4.79 Å². The van der Waals surface area contributed by atoms with Crippen LogP contribution < -0.4 is 0 Å². The van der Waals surface area contributed by atoms with E-state index >= 15 is 0 Å². The van der Waals surface area contributed by atoms with Crippen LogP contribution in [0.3, 0.4) is 0 Å². The number of nitrogens with zero attached hydrogens (tertiary/aromatic N) is 3. The van der Waals surface area contributed by atoms with Crippen molar-refractivity contribution in [2.45, 2.75) is 6.92 Å². The zero-order valence-corrected chi connectivity index (χ0v) is 9.64. The van der Waals surface area contributed by atoms with Crippen molar-refractivity contribution in [2.24, 2.45) is 7.05 Å². The van der Waals surface area contributed by atoms with Crippen LogP contribution in [0.1, 0.15) is 27.3 Å². The first kappa shape index (κ1) is 11.1. The summed E-state index contributed by atoms with van der Waals surface area (Å²) in [6, 6.07) is 10.9. The van der Waals surface area contributed by atoms with E-state index in [-0.39, 0.29) is 5.78 Å². The van der Waals surface area contributed by atoms with Crippen LogP contribution in [0.4, 0.5) is 0 Å². The summed E-state index contributed by atoms with van der Waals surface area (Å²) in [5.74, 6) is -0.176. The van der Waals surface area contributed by atoms with Crippen LogP contribution in [0.2, 0.25) is 0 Å². The van der Waals surface area contributed by atoms with Crippen molar-refractivity contribution in [1.29, 1.82) is 5.26 Å². The summed E-state index contributed by atoms with van der Waals surface area (Å²) in [4.78, 5) is 12.2. The Bertz CT molecular complexity index is 606. The number of benzene rings is 1. The predicted octanol–water partition coefficient (Wildman–Crippen LogP) is 1.83. The molecule has 84 valence electrons. The third kappa shape index (κ3) is 1.83. The molecule has 0 radical (unpaired) electrons. The second kappa shape index (κ2) is 4.22. The number of carbonyl (C=O) groups excluding carboxylic acids is 1. The van der Waals surface area contributed by atoms with Gasteiger partial charge in [0.05, 0.1) is 5.69 Å². The molecule has 0 N–H and O–H groups in total. The first-order chi connectivity index (χ1) is 8.15. The molecule has 0 aliphatic carbocycles. The van der Waals surface area contributed by atoms with Crippen molar-refractivity contribution >= 4 is 5.78 Å². The molecule has 0 unspecified atom stereocenters. The third-order valence-corrected chi connectivity index (χ3v) is 2.59. The maximum absolute atomic E-state index is 12.2. The molecule has 2 aromatic rings. The number of hydrogen-bond donors (Lipinski definition) is 0. The van der Waals surface area contributed by atoms with Crippen molar-refractivity contribution in [3.05, 3.63) is 52.8 Å². The van der Waals surface area contributed by atoms with E-state index in [1.54, 1.807) is 38.2 Å². The maximum atomic E-state index is 12.2. The molecule has 0 bridgehead atoms. The molecule has 0 aliphatic heterocycles. The molecule has 0 spiro atoms. The van der Waals surface area contributed by atoms with Crippen molar-refractivity contribution in [1.82, 2.24) is 9.78 Å². The Balaban J connectivity index is 2.56. The number of nitriles is 1. The van der Waals surface area contributed by atoms with E-state index in [1.165, 1.54) is 4.68 Å². The minimum Gasteiger partial charge on any atom is -0.287 e. The molecule has 0 saturated heterocycles. The Kier molecular flexibility index (Phi) is 2.75. The molecule has 17 heavy (non-hydrogen) atoms. The van der Waals surface area contributed by atoms with Crippen LogP contribution in [0.25, 0.3) is 0 Å². The first-order valence-corrected chi connectivity index (χ1v) is 5.18. The van der Waals surface area contributed by atoms with Crippen LogP contribution >= 0.6 is 0 Å². The molecule has 1 aromatic heterocycles. The fourth-order valence-electron chi connectivity index (χ4n) is 1.78. The van der Waals surface area contributed by atoms with Crippen LogP contribution in [0, 0.1) is 18.3 Å². The van der Waals surface area contributed by atoms with Crippen molar-refractivity contribution in [3.63, 3.8) is 0 Å². The highest BCUT2D eigenvalue weighted by Gasteiger charge is 2.20. The van der Waals surface area contributed by atoms with Crippen molar-refractivity contribution in [2.75, 3.05) is 0 Å². The van der Waals surface area contributed by atoms with Gasteiger partial charge in [-0.1, -0.05) is 30.3 Å². The van der Waals surface area contributed by atoms with Gasteiger partial charge in [-0.2, -0.15) is 10.4 Å². The predicted molar refractivity (Wildman–Crippen MR) is 62.5 cm³/mol. The standard InChI is InChI=1S/C13H11N3O/c1-9-11(8-14)12(16(2)15-9)13(17)10-6-4-3-5-7-10/h3-7H,1-2H3. The van der Waals surface area contributed by atoms with Gasteiger partial charge in [0.15, 0.2) is 0 Å². The van der Waals surface area contributed by atoms with Gasteiger partial charge >= 0.3 is 0 Å². The fourth-order valence-corrected chi connectivity index (χ4v) is 1.78. The summed E-state index contributed by atoms with van der Waals surface area (Å²) < 4.78 is 1.46. The number of aromatic nitrogens is 2. The second-order valence-electron chi connectivity index (χ2n) is 3.74. The molecule has 0 aliphatic rings. The molecule has 4 nitrogen and oxygen atoms in total. The zero-order chi connectivity index (χ0) is 12.4. The zero-order valence-electron chi connectivity index (χ0n) is 9.64. The lowest BCUT2D eigenvalue weighted by Crippen LogP contribution is -2.09. The van der Waals surface area contributed by atoms with Crippen LogP contribution in [-0.4, -0.2) is 15.6 Å². The van der Waals surface area contributed by atoms with Gasteiger partial charge in [0.1, 0.15) is 17.3 Å². The summed E-state index contributed by atoms with van der Waals surface area (Å²) in [5, 5.41) is 13.2. The highest BCUT2D eigenvalue weighted by atomic mass is 16.1. The van der Waals surface area contributed by atoms with E-state index < -0.39 is 0 Å². The minimum absolute atomic E-state index is 0.176. The molecule has 4 heteroatoms. The molecular formula is C13H11N3O. The van der Waals surface area contributed by atoms with Crippen molar-refractivity contribution < 1.29 is 4.79 Å². The summed E-state index contributed by atoms with van der Waals surface area (Å²) in [6.07, 6.45) is 0. The lowest BCUT2D eigenvalue weighted by molar-refractivity contribution is 0.103. The Morgan fingerprint density at radius 2 is 2.00 bits per heavy atom. The van der Waals surface area contributed by atoms with Crippen LogP contribution in [0.5, 0.6) is 0 Å². The number of aryl methyl sites for hydroxylation is 2. The minimum atomic E-state index is -0.176. The third-order valence-electron chi connectivity index (χ3n) is 2.59. The number of carbonyl (C=O) groups is 1. The highest BCUT2D eigenvalue weighted by Crippen LogP contribution is 2.16. The molecule has 0 fully saturated rings. The molecule has 1 heterocycles. The average Bonchev–Trinajstić information content (AvgIpc) is 2.63. The van der Waals surface area contributed by atoms with Gasteiger partial charge in [0, 0.05) is 12.6 Å². The highest BCUT2D eigenvalue weighted by molar-refractivity contribution is 6.09. The Hall–Kier alpha value is -2.41. The van der Waals surface area contributed by atoms with Gasteiger partial charge in [-0.15, -0.1) is 0 Å². The Morgan fingerprint density at radius 1 is 1.35 bits per heavy atom. The molecule has 2 rings (SSSR count).